The molecule has 0 radical (unpaired) electrons. The first-order valence-electron chi connectivity index (χ1n) is 6.36. The molecule has 0 bridgehead atoms. The summed E-state index contributed by atoms with van der Waals surface area (Å²) in [7, 11) is 3.34. The van der Waals surface area contributed by atoms with Crippen molar-refractivity contribution < 1.29 is 9.47 Å². The van der Waals surface area contributed by atoms with Gasteiger partial charge in [0.2, 0.25) is 0 Å². The summed E-state index contributed by atoms with van der Waals surface area (Å²) in [4.78, 5) is 0. The van der Waals surface area contributed by atoms with Gasteiger partial charge in [-0.05, 0) is 22.8 Å². The van der Waals surface area contributed by atoms with Crippen molar-refractivity contribution in [3.8, 4) is 22.6 Å². The zero-order valence-corrected chi connectivity index (χ0v) is 11.1. The summed E-state index contributed by atoms with van der Waals surface area (Å²) >= 11 is 0. The largest absolute Gasteiger partial charge is 0.493 e. The standard InChI is InChI=1S/C16H17NO2/c1-18-14-8-7-12-13(9-17)10-5-3-4-6-11(10)15(12)16(14)19-2/h3-8,13H,9,17H2,1-2H3/t13-/m0/s1. The van der Waals surface area contributed by atoms with Crippen molar-refractivity contribution >= 4 is 0 Å². The van der Waals surface area contributed by atoms with E-state index in [1.54, 1.807) is 14.2 Å². The van der Waals surface area contributed by atoms with Gasteiger partial charge >= 0.3 is 0 Å². The van der Waals surface area contributed by atoms with Crippen LogP contribution in [0.5, 0.6) is 11.5 Å². The summed E-state index contributed by atoms with van der Waals surface area (Å²) in [5.74, 6) is 1.79. The number of nitrogens with two attached hydrogens (primary N) is 1. The van der Waals surface area contributed by atoms with Gasteiger partial charge < -0.3 is 15.2 Å². The van der Waals surface area contributed by atoms with Gasteiger partial charge in [-0.2, -0.15) is 0 Å². The minimum atomic E-state index is 0.242. The highest BCUT2D eigenvalue weighted by Gasteiger charge is 2.31. The van der Waals surface area contributed by atoms with Crippen LogP contribution in [0.2, 0.25) is 0 Å². The molecule has 19 heavy (non-hydrogen) atoms. The molecule has 1 aliphatic rings. The number of hydrogen-bond acceptors (Lipinski definition) is 3. The highest BCUT2D eigenvalue weighted by Crippen LogP contribution is 2.51. The maximum Gasteiger partial charge on any atom is 0.168 e. The van der Waals surface area contributed by atoms with Gasteiger partial charge in [0.25, 0.3) is 0 Å². The molecular formula is C16H17NO2. The zero-order valence-electron chi connectivity index (χ0n) is 11.1. The van der Waals surface area contributed by atoms with Crippen LogP contribution < -0.4 is 15.2 Å². The van der Waals surface area contributed by atoms with Crippen LogP contribution in [0.25, 0.3) is 11.1 Å². The Morgan fingerprint density at radius 3 is 2.47 bits per heavy atom. The fourth-order valence-corrected chi connectivity index (χ4v) is 2.96. The van der Waals surface area contributed by atoms with E-state index in [4.69, 9.17) is 15.2 Å². The van der Waals surface area contributed by atoms with E-state index in [0.717, 1.165) is 17.1 Å². The van der Waals surface area contributed by atoms with Crippen LogP contribution in [0, 0.1) is 0 Å². The third-order valence-electron chi connectivity index (χ3n) is 3.79. The van der Waals surface area contributed by atoms with Crippen LogP contribution in [0.1, 0.15) is 17.0 Å². The number of fused-ring (bicyclic) bond motifs is 3. The first kappa shape index (κ1) is 12.1. The maximum atomic E-state index is 5.95. The third kappa shape index (κ3) is 1.62. The normalized spacial score (nSPS) is 15.8. The van der Waals surface area contributed by atoms with Crippen molar-refractivity contribution in [2.24, 2.45) is 5.73 Å². The lowest BCUT2D eigenvalue weighted by molar-refractivity contribution is 0.356. The summed E-state index contributed by atoms with van der Waals surface area (Å²) < 4.78 is 11.0. The highest BCUT2D eigenvalue weighted by molar-refractivity contribution is 5.85. The second-order valence-corrected chi connectivity index (χ2v) is 4.64. The highest BCUT2D eigenvalue weighted by atomic mass is 16.5. The quantitative estimate of drug-likeness (QED) is 0.917. The minimum absolute atomic E-state index is 0.242. The average Bonchev–Trinajstić information content (AvgIpc) is 2.79. The van der Waals surface area contributed by atoms with Gasteiger partial charge in [0.15, 0.2) is 11.5 Å². The topological polar surface area (TPSA) is 44.5 Å². The van der Waals surface area contributed by atoms with E-state index in [9.17, 15) is 0 Å². The number of benzene rings is 2. The number of methoxy groups -OCH3 is 2. The molecule has 2 N–H and O–H groups in total. The van der Waals surface area contributed by atoms with Crippen molar-refractivity contribution in [3.05, 3.63) is 47.5 Å². The van der Waals surface area contributed by atoms with Crippen LogP contribution in [0.3, 0.4) is 0 Å². The molecule has 98 valence electrons. The molecule has 2 aromatic carbocycles. The van der Waals surface area contributed by atoms with Gasteiger partial charge in [0.1, 0.15) is 0 Å². The minimum Gasteiger partial charge on any atom is -0.493 e. The Labute approximate surface area is 113 Å². The Bertz CT molecular complexity index is 622. The predicted molar refractivity (Wildman–Crippen MR) is 75.9 cm³/mol. The molecule has 0 heterocycles. The molecule has 2 aromatic rings. The Kier molecular flexibility index (Phi) is 2.91. The van der Waals surface area contributed by atoms with Crippen molar-refractivity contribution in [1.82, 2.24) is 0 Å². The Balaban J connectivity index is 2.33. The molecule has 3 heteroatoms. The average molecular weight is 255 g/mol. The Hall–Kier alpha value is -2.00. The first-order chi connectivity index (χ1) is 9.31. The monoisotopic (exact) mass is 255 g/mol. The lowest BCUT2D eigenvalue weighted by Crippen LogP contribution is -2.11. The van der Waals surface area contributed by atoms with Crippen molar-refractivity contribution in [1.29, 1.82) is 0 Å². The van der Waals surface area contributed by atoms with Crippen LogP contribution in [0.15, 0.2) is 36.4 Å². The SMILES string of the molecule is COc1ccc2c(c1OC)-c1ccccc1[C@@H]2CN. The van der Waals surface area contributed by atoms with Crippen LogP contribution in [-0.4, -0.2) is 20.8 Å². The zero-order chi connectivity index (χ0) is 13.4. The van der Waals surface area contributed by atoms with Gasteiger partial charge in [-0.3, -0.25) is 0 Å². The summed E-state index contributed by atoms with van der Waals surface area (Å²) in [6.45, 7) is 0.597. The lowest BCUT2D eigenvalue weighted by Gasteiger charge is -2.14. The maximum absolute atomic E-state index is 5.95. The van der Waals surface area contributed by atoms with Crippen LogP contribution in [0.4, 0.5) is 0 Å². The number of ether oxygens (including phenoxy) is 2. The van der Waals surface area contributed by atoms with E-state index in [1.165, 1.54) is 16.7 Å². The van der Waals surface area contributed by atoms with Crippen LogP contribution in [-0.2, 0) is 0 Å². The fraction of sp³-hybridized carbons (Fsp3) is 0.250. The summed E-state index contributed by atoms with van der Waals surface area (Å²) in [6.07, 6.45) is 0. The molecule has 0 aliphatic heterocycles. The molecule has 0 fully saturated rings. The van der Waals surface area contributed by atoms with E-state index in [1.807, 2.05) is 12.1 Å². The van der Waals surface area contributed by atoms with Crippen molar-refractivity contribution in [3.63, 3.8) is 0 Å². The molecule has 3 rings (SSSR count). The molecule has 1 atom stereocenters. The molecule has 3 nitrogen and oxygen atoms in total. The van der Waals surface area contributed by atoms with E-state index >= 15 is 0 Å². The lowest BCUT2D eigenvalue weighted by atomic mass is 9.97. The van der Waals surface area contributed by atoms with Crippen molar-refractivity contribution in [2.75, 3.05) is 20.8 Å². The molecule has 0 unspecified atom stereocenters. The molecule has 0 spiro atoms. The molecule has 0 saturated carbocycles. The van der Waals surface area contributed by atoms with E-state index < -0.39 is 0 Å². The van der Waals surface area contributed by atoms with E-state index in [-0.39, 0.29) is 5.92 Å². The number of rotatable bonds is 3. The van der Waals surface area contributed by atoms with Gasteiger partial charge in [-0.15, -0.1) is 0 Å². The predicted octanol–water partition coefficient (Wildman–Crippen LogP) is 2.77. The molecule has 0 amide bonds. The smallest absolute Gasteiger partial charge is 0.168 e. The van der Waals surface area contributed by atoms with E-state index in [2.05, 4.69) is 24.3 Å². The van der Waals surface area contributed by atoms with Gasteiger partial charge in [0.05, 0.1) is 14.2 Å². The number of hydrogen-bond donors (Lipinski definition) is 1. The molecule has 0 aromatic heterocycles. The van der Waals surface area contributed by atoms with Gasteiger partial charge in [0, 0.05) is 18.0 Å². The summed E-state index contributed by atoms with van der Waals surface area (Å²) in [6, 6.07) is 12.4. The second-order valence-electron chi connectivity index (χ2n) is 4.64. The summed E-state index contributed by atoms with van der Waals surface area (Å²) in [5, 5.41) is 0. The fourth-order valence-electron chi connectivity index (χ4n) is 2.96. The second kappa shape index (κ2) is 4.59. The summed E-state index contributed by atoms with van der Waals surface area (Å²) in [5.41, 5.74) is 10.8. The first-order valence-corrected chi connectivity index (χ1v) is 6.36. The van der Waals surface area contributed by atoms with E-state index in [0.29, 0.717) is 6.54 Å². The Morgan fingerprint density at radius 1 is 1.00 bits per heavy atom. The molecule has 1 aliphatic carbocycles. The third-order valence-corrected chi connectivity index (χ3v) is 3.79. The van der Waals surface area contributed by atoms with Crippen molar-refractivity contribution in [2.45, 2.75) is 5.92 Å². The Morgan fingerprint density at radius 2 is 1.79 bits per heavy atom. The van der Waals surface area contributed by atoms with Crippen LogP contribution >= 0.6 is 0 Å². The van der Waals surface area contributed by atoms with Gasteiger partial charge in [-0.25, -0.2) is 0 Å². The molecular weight excluding hydrogens is 238 g/mol. The van der Waals surface area contributed by atoms with Gasteiger partial charge in [-0.1, -0.05) is 30.3 Å². The molecule has 0 saturated heterocycles.